The lowest BCUT2D eigenvalue weighted by molar-refractivity contribution is -0.138. The van der Waals surface area contributed by atoms with Gasteiger partial charge in [-0.15, -0.1) is 0 Å². The van der Waals surface area contributed by atoms with E-state index >= 15 is 0 Å². The van der Waals surface area contributed by atoms with Gasteiger partial charge in [-0.25, -0.2) is 0 Å². The van der Waals surface area contributed by atoms with Crippen LogP contribution in [-0.4, -0.2) is 49.2 Å². The molecule has 0 bridgehead atoms. The first-order chi connectivity index (χ1) is 11.6. The Morgan fingerprint density at radius 2 is 2.04 bits per heavy atom. The smallest absolute Gasteiger partial charge is 0.239 e. The molecule has 0 aromatic rings. The summed E-state index contributed by atoms with van der Waals surface area (Å²) in [7, 11) is 0. The normalized spacial score (nSPS) is 30.0. The fourth-order valence-corrected chi connectivity index (χ4v) is 4.57. The van der Waals surface area contributed by atoms with E-state index in [-0.39, 0.29) is 6.04 Å². The quantitative estimate of drug-likeness (QED) is 0.803. The van der Waals surface area contributed by atoms with Crippen molar-refractivity contribution in [2.75, 3.05) is 26.3 Å². The van der Waals surface area contributed by atoms with Crippen LogP contribution < -0.4 is 5.32 Å². The first-order valence-corrected chi connectivity index (χ1v) is 9.87. The topological polar surface area (TPSA) is 41.6 Å². The molecule has 3 aliphatic rings. The van der Waals surface area contributed by atoms with Crippen LogP contribution in [0.15, 0.2) is 12.2 Å². The van der Waals surface area contributed by atoms with Crippen molar-refractivity contribution in [3.8, 4) is 0 Å². The average molecular weight is 335 g/mol. The molecule has 0 radical (unpaired) electrons. The van der Waals surface area contributed by atoms with E-state index in [9.17, 15) is 4.79 Å². The molecule has 0 aromatic heterocycles. The molecule has 2 aliphatic heterocycles. The van der Waals surface area contributed by atoms with Gasteiger partial charge in [0.05, 0.1) is 6.04 Å². The molecule has 2 heterocycles. The van der Waals surface area contributed by atoms with Gasteiger partial charge in [0.2, 0.25) is 5.91 Å². The molecule has 2 atom stereocenters. The van der Waals surface area contributed by atoms with Crippen LogP contribution in [0.3, 0.4) is 0 Å². The highest BCUT2D eigenvalue weighted by Gasteiger charge is 2.39. The molecule has 1 spiro atoms. The van der Waals surface area contributed by atoms with Gasteiger partial charge in [-0.05, 0) is 56.3 Å². The number of carbonyl (C=O) groups is 1. The van der Waals surface area contributed by atoms with E-state index in [4.69, 9.17) is 4.74 Å². The van der Waals surface area contributed by atoms with E-state index in [0.29, 0.717) is 23.3 Å². The van der Waals surface area contributed by atoms with Crippen molar-refractivity contribution in [1.29, 1.82) is 0 Å². The number of hydrogen-bond acceptors (Lipinski definition) is 3. The molecular formula is C20H34N2O2. The largest absolute Gasteiger partial charge is 0.381 e. The molecule has 1 amide bonds. The highest BCUT2D eigenvalue weighted by Crippen LogP contribution is 2.41. The molecule has 2 fully saturated rings. The summed E-state index contributed by atoms with van der Waals surface area (Å²) < 4.78 is 5.45. The monoisotopic (exact) mass is 334 g/mol. The van der Waals surface area contributed by atoms with E-state index in [1.54, 1.807) is 0 Å². The number of nitrogens with zero attached hydrogens (tertiary/aromatic N) is 1. The highest BCUT2D eigenvalue weighted by atomic mass is 16.5. The van der Waals surface area contributed by atoms with Gasteiger partial charge in [-0.1, -0.05) is 26.0 Å². The molecule has 24 heavy (non-hydrogen) atoms. The van der Waals surface area contributed by atoms with E-state index < -0.39 is 0 Å². The Kier molecular flexibility index (Phi) is 5.98. The molecule has 0 saturated carbocycles. The predicted octanol–water partition coefficient (Wildman–Crippen LogP) is 3.13. The summed E-state index contributed by atoms with van der Waals surface area (Å²) in [6.45, 7) is 7.85. The van der Waals surface area contributed by atoms with Gasteiger partial charge in [0.25, 0.3) is 0 Å². The van der Waals surface area contributed by atoms with Crippen LogP contribution in [0.2, 0.25) is 0 Å². The van der Waals surface area contributed by atoms with Crippen LogP contribution in [0.1, 0.15) is 58.8 Å². The lowest BCUT2D eigenvalue weighted by Gasteiger charge is -2.45. The van der Waals surface area contributed by atoms with Crippen LogP contribution in [-0.2, 0) is 9.53 Å². The van der Waals surface area contributed by atoms with Gasteiger partial charge in [-0.3, -0.25) is 4.79 Å². The van der Waals surface area contributed by atoms with Crippen LogP contribution in [0.25, 0.3) is 0 Å². The standard InChI is InChI=1S/C20H34N2O2/c1-16(2)18(21-17-7-13-24-14-8-17)19(23)22-12-6-11-20(15-22)9-4-3-5-10-20/h3-4,16-18,21H,5-15H2,1-2H3/t18-,20+/m1/s1. The van der Waals surface area contributed by atoms with Crippen molar-refractivity contribution < 1.29 is 9.53 Å². The summed E-state index contributed by atoms with van der Waals surface area (Å²) in [5, 5.41) is 3.66. The number of amides is 1. The van der Waals surface area contributed by atoms with E-state index in [1.807, 2.05) is 0 Å². The van der Waals surface area contributed by atoms with Gasteiger partial charge in [-0.2, -0.15) is 0 Å². The van der Waals surface area contributed by atoms with E-state index in [1.165, 1.54) is 19.3 Å². The molecule has 0 aromatic carbocycles. The molecule has 4 heteroatoms. The number of hydrogen-bond donors (Lipinski definition) is 1. The fourth-order valence-electron chi connectivity index (χ4n) is 4.57. The molecule has 0 unspecified atom stereocenters. The number of likely N-dealkylation sites (tertiary alicyclic amines) is 1. The molecule has 136 valence electrons. The third-order valence-electron chi connectivity index (χ3n) is 6.10. The molecule has 1 aliphatic carbocycles. The average Bonchev–Trinajstić information content (AvgIpc) is 2.60. The van der Waals surface area contributed by atoms with Crippen LogP contribution >= 0.6 is 0 Å². The maximum atomic E-state index is 13.3. The summed E-state index contributed by atoms with van der Waals surface area (Å²) >= 11 is 0. The zero-order chi connectivity index (χ0) is 17.0. The van der Waals surface area contributed by atoms with Crippen molar-refractivity contribution in [1.82, 2.24) is 10.2 Å². The van der Waals surface area contributed by atoms with Crippen LogP contribution in [0, 0.1) is 11.3 Å². The third-order valence-corrected chi connectivity index (χ3v) is 6.10. The second-order valence-electron chi connectivity index (χ2n) is 8.35. The Hall–Kier alpha value is -0.870. The van der Waals surface area contributed by atoms with Crippen molar-refractivity contribution >= 4 is 5.91 Å². The number of ether oxygens (including phenoxy) is 1. The van der Waals surface area contributed by atoms with Crippen molar-refractivity contribution in [2.45, 2.75) is 70.9 Å². The minimum absolute atomic E-state index is 0.0533. The summed E-state index contributed by atoms with van der Waals surface area (Å²) in [6, 6.07) is 0.369. The Morgan fingerprint density at radius 3 is 2.71 bits per heavy atom. The minimum Gasteiger partial charge on any atom is -0.381 e. The van der Waals surface area contributed by atoms with Crippen molar-refractivity contribution in [3.63, 3.8) is 0 Å². The van der Waals surface area contributed by atoms with Crippen molar-refractivity contribution in [3.05, 3.63) is 12.2 Å². The van der Waals surface area contributed by atoms with Crippen LogP contribution in [0.5, 0.6) is 0 Å². The van der Waals surface area contributed by atoms with Gasteiger partial charge in [0.1, 0.15) is 0 Å². The Balaban J connectivity index is 1.64. The number of carbonyl (C=O) groups excluding carboxylic acids is 1. The summed E-state index contributed by atoms with van der Waals surface area (Å²) in [5.74, 6) is 0.648. The lowest BCUT2D eigenvalue weighted by Crippen LogP contribution is -2.56. The van der Waals surface area contributed by atoms with Gasteiger partial charge in [0.15, 0.2) is 0 Å². The summed E-state index contributed by atoms with van der Waals surface area (Å²) in [4.78, 5) is 15.4. The zero-order valence-corrected chi connectivity index (χ0v) is 15.4. The predicted molar refractivity (Wildman–Crippen MR) is 96.8 cm³/mol. The third kappa shape index (κ3) is 4.20. The molecular weight excluding hydrogens is 300 g/mol. The Bertz CT molecular complexity index is 457. The fraction of sp³-hybridized carbons (Fsp3) is 0.850. The molecule has 2 saturated heterocycles. The number of allylic oxidation sites excluding steroid dienone is 2. The minimum atomic E-state index is -0.0533. The Labute approximate surface area is 147 Å². The van der Waals surface area contributed by atoms with Gasteiger partial charge < -0.3 is 15.0 Å². The number of nitrogens with one attached hydrogen (secondary N) is 1. The maximum Gasteiger partial charge on any atom is 0.239 e. The number of rotatable bonds is 4. The molecule has 3 rings (SSSR count). The SMILES string of the molecule is CC(C)[C@@H](NC1CCOCC1)C(=O)N1CCC[C@@]2(CC=CCC2)C1. The zero-order valence-electron chi connectivity index (χ0n) is 15.4. The summed E-state index contributed by atoms with van der Waals surface area (Å²) in [5.41, 5.74) is 0.350. The second kappa shape index (κ2) is 8.01. The first-order valence-electron chi connectivity index (χ1n) is 9.87. The lowest BCUT2D eigenvalue weighted by atomic mass is 9.71. The van der Waals surface area contributed by atoms with E-state index in [0.717, 1.165) is 52.0 Å². The summed E-state index contributed by atoms with van der Waals surface area (Å²) in [6.07, 6.45) is 12.7. The van der Waals surface area contributed by atoms with Crippen LogP contribution in [0.4, 0.5) is 0 Å². The van der Waals surface area contributed by atoms with Gasteiger partial charge in [0, 0.05) is 32.3 Å². The maximum absolute atomic E-state index is 13.3. The molecule has 1 N–H and O–H groups in total. The molecule has 4 nitrogen and oxygen atoms in total. The van der Waals surface area contributed by atoms with Crippen molar-refractivity contribution in [2.24, 2.45) is 11.3 Å². The van der Waals surface area contributed by atoms with Gasteiger partial charge >= 0.3 is 0 Å². The first kappa shape index (κ1) is 17.9. The second-order valence-corrected chi connectivity index (χ2v) is 8.35. The highest BCUT2D eigenvalue weighted by molar-refractivity contribution is 5.82. The number of piperidine rings is 1. The van der Waals surface area contributed by atoms with E-state index in [2.05, 4.69) is 36.2 Å². The Morgan fingerprint density at radius 1 is 1.25 bits per heavy atom.